The van der Waals surface area contributed by atoms with Crippen molar-refractivity contribution < 1.29 is 9.32 Å². The van der Waals surface area contributed by atoms with Crippen LogP contribution in [0.3, 0.4) is 0 Å². The number of carbonyl (C=O) groups excluding carboxylic acids is 1. The Bertz CT molecular complexity index is 840. The van der Waals surface area contributed by atoms with Crippen LogP contribution in [0.15, 0.2) is 46.3 Å². The molecule has 0 unspecified atom stereocenters. The molecule has 5 nitrogen and oxygen atoms in total. The molecule has 3 aromatic rings. The van der Waals surface area contributed by atoms with E-state index in [1.54, 1.807) is 11.3 Å². The Hall–Kier alpha value is -2.47. The molecule has 0 N–H and O–H groups in total. The van der Waals surface area contributed by atoms with Crippen molar-refractivity contribution in [1.29, 1.82) is 0 Å². The number of aryl methyl sites for hydroxylation is 1. The van der Waals surface area contributed by atoms with Crippen molar-refractivity contribution in [1.82, 2.24) is 15.0 Å². The fourth-order valence-corrected chi connectivity index (χ4v) is 3.62. The number of rotatable bonds is 4. The van der Waals surface area contributed by atoms with E-state index in [0.29, 0.717) is 31.2 Å². The monoisotopic (exact) mass is 339 g/mol. The van der Waals surface area contributed by atoms with Crippen LogP contribution in [-0.2, 0) is 11.3 Å². The van der Waals surface area contributed by atoms with Crippen LogP contribution in [0.4, 0.5) is 0 Å². The second kappa shape index (κ2) is 6.20. The van der Waals surface area contributed by atoms with Crippen LogP contribution >= 0.6 is 11.3 Å². The van der Waals surface area contributed by atoms with Crippen LogP contribution < -0.4 is 0 Å². The first-order valence-electron chi connectivity index (χ1n) is 7.90. The molecular weight excluding hydrogens is 322 g/mol. The molecule has 0 aliphatic carbocycles. The molecule has 0 bridgehead atoms. The maximum Gasteiger partial charge on any atom is 0.257 e. The van der Waals surface area contributed by atoms with Gasteiger partial charge in [-0.05, 0) is 30.5 Å². The first kappa shape index (κ1) is 15.1. The summed E-state index contributed by atoms with van der Waals surface area (Å²) in [5.41, 5.74) is 2.09. The van der Waals surface area contributed by atoms with Crippen molar-refractivity contribution in [3.63, 3.8) is 0 Å². The number of thiophene rings is 1. The molecule has 1 saturated heterocycles. The minimum absolute atomic E-state index is 0.000380. The number of likely N-dealkylation sites (tertiary alicyclic amines) is 1. The molecule has 3 heterocycles. The Kier molecular flexibility index (Phi) is 3.90. The van der Waals surface area contributed by atoms with Gasteiger partial charge in [-0.1, -0.05) is 28.9 Å². The Morgan fingerprint density at radius 3 is 2.88 bits per heavy atom. The number of nitrogens with zero attached hydrogens (tertiary/aromatic N) is 3. The summed E-state index contributed by atoms with van der Waals surface area (Å²) in [5, 5.41) is 6.13. The van der Waals surface area contributed by atoms with Gasteiger partial charge in [-0.25, -0.2) is 0 Å². The fourth-order valence-electron chi connectivity index (χ4n) is 2.90. The van der Waals surface area contributed by atoms with Gasteiger partial charge in [0.15, 0.2) is 5.82 Å². The van der Waals surface area contributed by atoms with E-state index >= 15 is 0 Å². The van der Waals surface area contributed by atoms with Gasteiger partial charge >= 0.3 is 0 Å². The van der Waals surface area contributed by atoms with E-state index in [0.717, 1.165) is 5.56 Å². The van der Waals surface area contributed by atoms with Crippen molar-refractivity contribution in [3.8, 4) is 11.5 Å². The average Bonchev–Trinajstić information content (AvgIpc) is 3.31. The molecule has 0 radical (unpaired) electrons. The second-order valence-electron chi connectivity index (χ2n) is 6.08. The summed E-state index contributed by atoms with van der Waals surface area (Å²) in [6.07, 6.45) is 0.443. The molecule has 0 saturated carbocycles. The third-order valence-corrected chi connectivity index (χ3v) is 5.11. The van der Waals surface area contributed by atoms with Crippen molar-refractivity contribution in [2.75, 3.05) is 6.54 Å². The normalized spacial score (nSPS) is 17.6. The van der Waals surface area contributed by atoms with Crippen LogP contribution in [0.1, 0.15) is 28.6 Å². The van der Waals surface area contributed by atoms with Crippen molar-refractivity contribution in [2.45, 2.75) is 25.8 Å². The van der Waals surface area contributed by atoms with Crippen LogP contribution in [0, 0.1) is 6.92 Å². The Morgan fingerprint density at radius 2 is 2.12 bits per heavy atom. The van der Waals surface area contributed by atoms with E-state index in [9.17, 15) is 4.79 Å². The molecular formula is C18H17N3O2S. The minimum atomic E-state index is 0.000380. The zero-order valence-electron chi connectivity index (χ0n) is 13.3. The number of carbonyl (C=O) groups is 1. The minimum Gasteiger partial charge on any atom is -0.337 e. The van der Waals surface area contributed by atoms with Gasteiger partial charge in [-0.2, -0.15) is 4.98 Å². The number of aromatic nitrogens is 2. The molecule has 1 amide bonds. The Balaban J connectivity index is 1.49. The van der Waals surface area contributed by atoms with Crippen molar-refractivity contribution in [3.05, 3.63) is 58.0 Å². The van der Waals surface area contributed by atoms with Crippen molar-refractivity contribution >= 4 is 17.2 Å². The van der Waals surface area contributed by atoms with Gasteiger partial charge < -0.3 is 9.42 Å². The topological polar surface area (TPSA) is 59.2 Å². The predicted octanol–water partition coefficient (Wildman–Crippen LogP) is 3.62. The lowest BCUT2D eigenvalue weighted by atomic mass is 10.1. The zero-order chi connectivity index (χ0) is 16.5. The zero-order valence-corrected chi connectivity index (χ0v) is 14.1. The summed E-state index contributed by atoms with van der Waals surface area (Å²) in [5.74, 6) is 1.28. The van der Waals surface area contributed by atoms with Crippen LogP contribution in [0.25, 0.3) is 11.5 Å². The number of benzene rings is 1. The highest BCUT2D eigenvalue weighted by Gasteiger charge is 2.33. The van der Waals surface area contributed by atoms with Gasteiger partial charge in [0.1, 0.15) is 0 Å². The smallest absolute Gasteiger partial charge is 0.257 e. The van der Waals surface area contributed by atoms with E-state index in [1.165, 1.54) is 10.4 Å². The maximum atomic E-state index is 12.2. The Morgan fingerprint density at radius 1 is 1.29 bits per heavy atom. The highest BCUT2D eigenvalue weighted by atomic mass is 32.1. The summed E-state index contributed by atoms with van der Waals surface area (Å²) >= 11 is 1.67. The molecule has 2 aromatic heterocycles. The fraction of sp³-hybridized carbons (Fsp3) is 0.278. The number of amides is 1. The van der Waals surface area contributed by atoms with E-state index < -0.39 is 0 Å². The van der Waals surface area contributed by atoms with E-state index in [2.05, 4.69) is 16.2 Å². The van der Waals surface area contributed by atoms with Crippen LogP contribution in [0.2, 0.25) is 0 Å². The lowest BCUT2D eigenvalue weighted by Crippen LogP contribution is -2.23. The standard InChI is InChI=1S/C18H17N3O2S/c1-12-4-6-13(7-5-12)18-19-17(20-23-18)14-9-16(22)21(10-14)11-15-3-2-8-24-15/h2-8,14H,9-11H2,1H3/t14-/m1/s1. The molecule has 4 rings (SSSR count). The number of hydrogen-bond acceptors (Lipinski definition) is 5. The summed E-state index contributed by atoms with van der Waals surface area (Å²) in [6, 6.07) is 12.0. The molecule has 0 spiro atoms. The highest BCUT2D eigenvalue weighted by Crippen LogP contribution is 2.29. The van der Waals surface area contributed by atoms with Gasteiger partial charge in [0.05, 0.1) is 6.54 Å². The van der Waals surface area contributed by atoms with Gasteiger partial charge in [-0.15, -0.1) is 11.3 Å². The largest absolute Gasteiger partial charge is 0.337 e. The van der Waals surface area contributed by atoms with Gasteiger partial charge in [0, 0.05) is 29.3 Å². The predicted molar refractivity (Wildman–Crippen MR) is 91.6 cm³/mol. The summed E-state index contributed by atoms with van der Waals surface area (Å²) in [6.45, 7) is 3.34. The summed E-state index contributed by atoms with van der Waals surface area (Å²) in [4.78, 5) is 19.8. The lowest BCUT2D eigenvalue weighted by Gasteiger charge is -2.14. The molecule has 24 heavy (non-hydrogen) atoms. The third kappa shape index (κ3) is 2.97. The third-order valence-electron chi connectivity index (χ3n) is 4.25. The van der Waals surface area contributed by atoms with E-state index in [-0.39, 0.29) is 11.8 Å². The molecule has 6 heteroatoms. The number of hydrogen-bond donors (Lipinski definition) is 0. The quantitative estimate of drug-likeness (QED) is 0.728. The summed E-state index contributed by atoms with van der Waals surface area (Å²) in [7, 11) is 0. The summed E-state index contributed by atoms with van der Waals surface area (Å²) < 4.78 is 5.39. The molecule has 1 atom stereocenters. The van der Waals surface area contributed by atoms with E-state index in [1.807, 2.05) is 47.5 Å². The molecule has 122 valence electrons. The lowest BCUT2D eigenvalue weighted by molar-refractivity contribution is -0.128. The molecule has 1 aliphatic rings. The van der Waals surface area contributed by atoms with Crippen LogP contribution in [-0.4, -0.2) is 27.5 Å². The van der Waals surface area contributed by atoms with Gasteiger partial charge in [-0.3, -0.25) is 4.79 Å². The van der Waals surface area contributed by atoms with Crippen LogP contribution in [0.5, 0.6) is 0 Å². The first-order chi connectivity index (χ1) is 11.7. The van der Waals surface area contributed by atoms with Gasteiger partial charge in [0.2, 0.25) is 5.91 Å². The highest BCUT2D eigenvalue weighted by molar-refractivity contribution is 7.09. The first-order valence-corrected chi connectivity index (χ1v) is 8.78. The molecule has 1 aromatic carbocycles. The average molecular weight is 339 g/mol. The second-order valence-corrected chi connectivity index (χ2v) is 7.11. The Labute approximate surface area is 143 Å². The van der Waals surface area contributed by atoms with Gasteiger partial charge in [0.25, 0.3) is 5.89 Å². The molecule has 1 aliphatic heterocycles. The maximum absolute atomic E-state index is 12.2. The van der Waals surface area contributed by atoms with Crippen molar-refractivity contribution in [2.24, 2.45) is 0 Å². The molecule has 1 fully saturated rings. The SMILES string of the molecule is Cc1ccc(-c2nc([C@@H]3CC(=O)N(Cc4cccs4)C3)no2)cc1. The van der Waals surface area contributed by atoms with E-state index in [4.69, 9.17) is 4.52 Å².